The molecule has 0 radical (unpaired) electrons. The zero-order valence-electron chi connectivity index (χ0n) is 15.8. The number of nitrogen functional groups attached to an aromatic ring is 1. The molecule has 0 bridgehead atoms. The molecule has 0 aliphatic carbocycles. The average molecular weight is 407 g/mol. The second kappa shape index (κ2) is 21.1. The summed E-state index contributed by atoms with van der Waals surface area (Å²) in [7, 11) is 1.31. The van der Waals surface area contributed by atoms with Gasteiger partial charge in [-0.15, -0.1) is 13.2 Å². The molecule has 1 aromatic carbocycles. The molecule has 0 unspecified atom stereocenters. The van der Waals surface area contributed by atoms with Gasteiger partial charge in [-0.2, -0.15) is 0 Å². The van der Waals surface area contributed by atoms with E-state index < -0.39 is 4.92 Å². The molecule has 0 amide bonds. The number of methoxy groups -OCH3 is 1. The summed E-state index contributed by atoms with van der Waals surface area (Å²) in [6.07, 6.45) is 0.744. The van der Waals surface area contributed by atoms with Crippen molar-refractivity contribution in [3.05, 3.63) is 44.9 Å². The number of nitrogens with two attached hydrogens (primary N) is 1. The first-order chi connectivity index (χ1) is 11.4. The van der Waals surface area contributed by atoms with Gasteiger partial charge >= 0.3 is 0 Å². The van der Waals surface area contributed by atoms with Crippen LogP contribution in [-0.2, 0) is 16.0 Å². The van der Waals surface area contributed by atoms with Crippen molar-refractivity contribution in [1.82, 2.24) is 0 Å². The van der Waals surface area contributed by atoms with E-state index >= 15 is 0 Å². The van der Waals surface area contributed by atoms with Crippen molar-refractivity contribution in [2.24, 2.45) is 0 Å². The van der Waals surface area contributed by atoms with Gasteiger partial charge < -0.3 is 10.5 Å². The van der Waals surface area contributed by atoms with E-state index in [0.717, 1.165) is 16.5 Å². The third-order valence-corrected chi connectivity index (χ3v) is 2.99. The van der Waals surface area contributed by atoms with Crippen LogP contribution in [-0.4, -0.2) is 18.5 Å². The maximum Gasteiger partial charge on any atom is 0.295 e. The van der Waals surface area contributed by atoms with Crippen LogP contribution in [0.5, 0.6) is 0 Å². The van der Waals surface area contributed by atoms with Gasteiger partial charge in [-0.1, -0.05) is 50.5 Å². The van der Waals surface area contributed by atoms with Gasteiger partial charge in [0.1, 0.15) is 5.69 Å². The van der Waals surface area contributed by atoms with Crippen LogP contribution in [0.1, 0.15) is 45.7 Å². The van der Waals surface area contributed by atoms with Gasteiger partial charge in [-0.25, -0.2) is 0 Å². The number of hydrogen-bond donors (Lipinski definition) is 1. The zero-order chi connectivity index (χ0) is 20.3. The van der Waals surface area contributed by atoms with E-state index in [-0.39, 0.29) is 11.4 Å². The summed E-state index contributed by atoms with van der Waals surface area (Å²) in [5.74, 6) is 0. The van der Waals surface area contributed by atoms with E-state index in [1.807, 2.05) is 34.6 Å². The summed E-state index contributed by atoms with van der Waals surface area (Å²) >= 11 is 3.34. The number of nitro groups is 1. The second-order valence-electron chi connectivity index (χ2n) is 3.34. The molecule has 0 atom stereocenters. The Morgan fingerprint density at radius 1 is 1.33 bits per heavy atom. The van der Waals surface area contributed by atoms with E-state index in [2.05, 4.69) is 33.8 Å². The largest absolute Gasteiger partial charge is 0.471 e. The number of rotatable bonds is 3. The number of benzene rings is 1. The Labute approximate surface area is 154 Å². The van der Waals surface area contributed by atoms with Crippen LogP contribution in [0.4, 0.5) is 11.4 Å². The molecule has 0 heterocycles. The second-order valence-corrected chi connectivity index (χ2v) is 4.20. The molecular weight excluding hydrogens is 376 g/mol. The molecule has 1 rings (SSSR count). The number of hydrogen-bond acceptors (Lipinski definition) is 5. The lowest BCUT2D eigenvalue weighted by molar-refractivity contribution is -0.384. The number of nitrogens with zero attached hydrogens (tertiary/aromatic N) is 1. The Kier molecular flexibility index (Phi) is 26.4. The van der Waals surface area contributed by atoms with Gasteiger partial charge in [0.05, 0.1) is 12.0 Å². The molecule has 0 spiro atoms. The number of carbonyl (C=O) groups excluding carboxylic acids is 1. The van der Waals surface area contributed by atoms with Crippen molar-refractivity contribution in [2.45, 2.75) is 48.0 Å². The SMILES string of the molecule is C=C.CC.CC.CCc1c(Br)cc(N)c([N+](=O)[O-])c1C.COC=O. The number of ether oxygens (including phenoxy) is 1. The minimum atomic E-state index is -0.434. The summed E-state index contributed by atoms with van der Waals surface area (Å²) in [5, 5.41) is 10.7. The molecular formula is C17H31BrN2O4. The first-order valence-corrected chi connectivity index (χ1v) is 8.38. The first-order valence-electron chi connectivity index (χ1n) is 7.58. The molecule has 0 saturated heterocycles. The highest BCUT2D eigenvalue weighted by atomic mass is 79.9. The van der Waals surface area contributed by atoms with Crippen LogP contribution in [0.25, 0.3) is 0 Å². The fraction of sp³-hybridized carbons (Fsp3) is 0.471. The van der Waals surface area contributed by atoms with E-state index in [0.29, 0.717) is 12.0 Å². The van der Waals surface area contributed by atoms with Gasteiger partial charge in [0.25, 0.3) is 12.2 Å². The summed E-state index contributed by atoms with van der Waals surface area (Å²) in [6, 6.07) is 1.59. The molecule has 6 nitrogen and oxygen atoms in total. The Balaban J connectivity index is -0.000000169. The molecule has 7 heteroatoms. The number of anilines is 1. The zero-order valence-corrected chi connectivity index (χ0v) is 17.4. The van der Waals surface area contributed by atoms with Crippen LogP contribution in [0.2, 0.25) is 0 Å². The molecule has 0 fully saturated rings. The predicted octanol–water partition coefficient (Wildman–Crippen LogP) is 5.45. The highest BCUT2D eigenvalue weighted by molar-refractivity contribution is 9.10. The molecule has 24 heavy (non-hydrogen) atoms. The maximum atomic E-state index is 10.7. The number of halogens is 1. The lowest BCUT2D eigenvalue weighted by atomic mass is 10.0. The molecule has 2 N–H and O–H groups in total. The van der Waals surface area contributed by atoms with Crippen molar-refractivity contribution >= 4 is 33.8 Å². The summed E-state index contributed by atoms with van der Waals surface area (Å²) < 4.78 is 4.70. The van der Waals surface area contributed by atoms with Crippen molar-refractivity contribution < 1.29 is 14.5 Å². The third kappa shape index (κ3) is 11.6. The van der Waals surface area contributed by atoms with E-state index in [9.17, 15) is 10.1 Å². The first kappa shape index (κ1) is 30.0. The highest BCUT2D eigenvalue weighted by Crippen LogP contribution is 2.34. The van der Waals surface area contributed by atoms with Gasteiger partial charge in [0.15, 0.2) is 0 Å². The van der Waals surface area contributed by atoms with Crippen molar-refractivity contribution in [2.75, 3.05) is 12.8 Å². The fourth-order valence-corrected chi connectivity index (χ4v) is 2.33. The topological polar surface area (TPSA) is 95.5 Å². The molecule has 140 valence electrons. The minimum Gasteiger partial charge on any atom is -0.471 e. The average Bonchev–Trinajstić information content (AvgIpc) is 2.60. The van der Waals surface area contributed by atoms with Crippen LogP contribution in [0, 0.1) is 17.0 Å². The molecule has 0 aromatic heterocycles. The van der Waals surface area contributed by atoms with Gasteiger partial charge in [-0.05, 0) is 25.0 Å². The van der Waals surface area contributed by atoms with Crippen LogP contribution < -0.4 is 5.73 Å². The standard InChI is InChI=1S/C9H11BrN2O2.C2H4O2.2C2H6.C2H4/c1-3-6-5(2)9(12(13)14)8(11)4-7(6)10;1-4-2-3;3*1-2/h4H,3,11H2,1-2H3;2H,1H3;2*1-2H3;1-2H2. The lowest BCUT2D eigenvalue weighted by Gasteiger charge is -2.08. The Bertz CT molecular complexity index is 466. The molecule has 0 aliphatic heterocycles. The fourth-order valence-electron chi connectivity index (χ4n) is 1.51. The van der Waals surface area contributed by atoms with E-state index in [1.165, 1.54) is 7.11 Å². The lowest BCUT2D eigenvalue weighted by Crippen LogP contribution is -2.02. The van der Waals surface area contributed by atoms with Gasteiger partial charge in [0, 0.05) is 10.0 Å². The quantitative estimate of drug-likeness (QED) is 0.236. The van der Waals surface area contributed by atoms with Gasteiger partial charge in [0.2, 0.25) is 0 Å². The molecule has 0 aliphatic rings. The molecule has 1 aromatic rings. The Morgan fingerprint density at radius 3 is 1.96 bits per heavy atom. The van der Waals surface area contributed by atoms with E-state index in [4.69, 9.17) is 10.5 Å². The summed E-state index contributed by atoms with van der Waals surface area (Å²) in [5.41, 5.74) is 7.38. The van der Waals surface area contributed by atoms with Crippen LogP contribution in [0.3, 0.4) is 0 Å². The third-order valence-electron chi connectivity index (χ3n) is 2.28. The Hall–Kier alpha value is -1.89. The maximum absolute atomic E-state index is 10.7. The smallest absolute Gasteiger partial charge is 0.295 e. The number of nitro benzene ring substituents is 1. The summed E-state index contributed by atoms with van der Waals surface area (Å²) in [4.78, 5) is 19.2. The normalized spacial score (nSPS) is 7.50. The van der Waals surface area contributed by atoms with Crippen molar-refractivity contribution in [1.29, 1.82) is 0 Å². The predicted molar refractivity (Wildman–Crippen MR) is 106 cm³/mol. The van der Waals surface area contributed by atoms with Gasteiger partial charge in [-0.3, -0.25) is 14.9 Å². The van der Waals surface area contributed by atoms with Crippen molar-refractivity contribution in [3.63, 3.8) is 0 Å². The minimum absolute atomic E-state index is 0.0186. The number of carbonyl (C=O) groups is 1. The highest BCUT2D eigenvalue weighted by Gasteiger charge is 2.19. The Morgan fingerprint density at radius 2 is 1.71 bits per heavy atom. The summed E-state index contributed by atoms with van der Waals surface area (Å²) in [6.45, 7) is 18.0. The van der Waals surface area contributed by atoms with Crippen LogP contribution >= 0.6 is 15.9 Å². The van der Waals surface area contributed by atoms with Crippen LogP contribution in [0.15, 0.2) is 23.7 Å². The monoisotopic (exact) mass is 406 g/mol. The molecule has 0 saturated carbocycles. The van der Waals surface area contributed by atoms with E-state index in [1.54, 1.807) is 13.0 Å². The van der Waals surface area contributed by atoms with Crippen molar-refractivity contribution in [3.8, 4) is 0 Å².